The number of phosphoric ester groups is 1. The van der Waals surface area contributed by atoms with Gasteiger partial charge in [-0.15, -0.1) is 0 Å². The Morgan fingerprint density at radius 3 is 1.87 bits per heavy atom. The van der Waals surface area contributed by atoms with Crippen molar-refractivity contribution < 1.29 is 42.4 Å². The fraction of sp³-hybridized carbons (Fsp3) is 0.966. The molecule has 0 heterocycles. The molecule has 0 bridgehead atoms. The summed E-state index contributed by atoms with van der Waals surface area (Å²) in [6, 6.07) is 0. The summed E-state index contributed by atoms with van der Waals surface area (Å²) in [5.41, 5.74) is 0. The third kappa shape index (κ3) is 28.8. The van der Waals surface area contributed by atoms with Gasteiger partial charge in [-0.25, -0.2) is 4.57 Å². The topological polar surface area (TPSA) is 112 Å². The molecule has 0 aromatic heterocycles. The Kier molecular flexibility index (Phi) is 23.8. The molecule has 0 aliphatic carbocycles. The number of hydrogen-bond acceptors (Lipinski definition) is 6. The van der Waals surface area contributed by atoms with E-state index in [1.165, 1.54) is 70.6 Å². The first-order chi connectivity index (χ1) is 18.4. The van der Waals surface area contributed by atoms with Gasteiger partial charge in [0.15, 0.2) is 0 Å². The molecule has 0 spiro atoms. The molecule has 0 radical (unpaired) electrons. The van der Waals surface area contributed by atoms with E-state index in [-0.39, 0.29) is 32.3 Å². The molecule has 10 heteroatoms. The Labute approximate surface area is 239 Å². The SMILES string of the molecule is CCCCCCCCCCCCCCC(C)OC[C@H](COP(=O)(O)OCC[N+](C)(C)C)OCCCCC(=O)O. The van der Waals surface area contributed by atoms with Crippen LogP contribution in [0.3, 0.4) is 0 Å². The number of quaternary nitrogens is 1. The molecular formula is C29H61NO8P+. The second kappa shape index (κ2) is 24.1. The first-order valence-corrected chi connectivity index (χ1v) is 16.8. The average Bonchev–Trinajstić information content (AvgIpc) is 2.84. The Hall–Kier alpha value is -0.540. The van der Waals surface area contributed by atoms with Gasteiger partial charge >= 0.3 is 13.8 Å². The number of ether oxygens (including phenoxy) is 2. The molecule has 3 atom stereocenters. The molecule has 0 aliphatic heterocycles. The van der Waals surface area contributed by atoms with E-state index in [4.69, 9.17) is 23.6 Å². The van der Waals surface area contributed by atoms with E-state index in [2.05, 4.69) is 6.92 Å². The highest BCUT2D eigenvalue weighted by Gasteiger charge is 2.25. The maximum absolute atomic E-state index is 12.3. The van der Waals surface area contributed by atoms with Crippen molar-refractivity contribution in [1.82, 2.24) is 0 Å². The van der Waals surface area contributed by atoms with Crippen molar-refractivity contribution in [2.24, 2.45) is 0 Å². The number of carboxylic acids is 1. The summed E-state index contributed by atoms with van der Waals surface area (Å²) >= 11 is 0. The minimum atomic E-state index is -4.20. The molecule has 2 N–H and O–H groups in total. The van der Waals surface area contributed by atoms with Gasteiger partial charge in [-0.1, -0.05) is 84.0 Å². The molecule has 0 aliphatic rings. The molecule has 39 heavy (non-hydrogen) atoms. The molecule has 0 amide bonds. The molecule has 0 aromatic carbocycles. The highest BCUT2D eigenvalue weighted by atomic mass is 31.2. The van der Waals surface area contributed by atoms with Crippen LogP contribution in [0.2, 0.25) is 0 Å². The molecule has 2 unspecified atom stereocenters. The summed E-state index contributed by atoms with van der Waals surface area (Å²) in [5, 5.41) is 8.79. The summed E-state index contributed by atoms with van der Waals surface area (Å²) in [6.45, 7) is 5.39. The minimum absolute atomic E-state index is 0.0490. The lowest BCUT2D eigenvalue weighted by Gasteiger charge is -2.25. The van der Waals surface area contributed by atoms with Crippen LogP contribution in [0.4, 0.5) is 0 Å². The van der Waals surface area contributed by atoms with Gasteiger partial charge in [0.1, 0.15) is 19.3 Å². The van der Waals surface area contributed by atoms with Crippen molar-refractivity contribution in [3.05, 3.63) is 0 Å². The van der Waals surface area contributed by atoms with Gasteiger partial charge in [0.05, 0.1) is 40.5 Å². The predicted octanol–water partition coefficient (Wildman–Crippen LogP) is 6.96. The number of phosphoric acid groups is 1. The Balaban J connectivity index is 4.22. The molecule has 234 valence electrons. The van der Waals surface area contributed by atoms with Crippen LogP contribution in [0.5, 0.6) is 0 Å². The number of unbranched alkanes of at least 4 members (excludes halogenated alkanes) is 12. The molecule has 0 saturated carbocycles. The summed E-state index contributed by atoms with van der Waals surface area (Å²) in [4.78, 5) is 20.7. The van der Waals surface area contributed by atoms with Crippen LogP contribution < -0.4 is 0 Å². The average molecular weight is 583 g/mol. The molecule has 0 rings (SSSR count). The molecular weight excluding hydrogens is 521 g/mol. The van der Waals surface area contributed by atoms with Gasteiger partial charge in [0, 0.05) is 13.0 Å². The van der Waals surface area contributed by atoms with Crippen molar-refractivity contribution in [1.29, 1.82) is 0 Å². The number of hydrogen-bond donors (Lipinski definition) is 2. The van der Waals surface area contributed by atoms with Gasteiger partial charge in [0.25, 0.3) is 0 Å². The largest absolute Gasteiger partial charge is 0.481 e. The Morgan fingerprint density at radius 2 is 1.33 bits per heavy atom. The Bertz CT molecular complexity index is 629. The van der Waals surface area contributed by atoms with Crippen molar-refractivity contribution in [3.63, 3.8) is 0 Å². The maximum Gasteiger partial charge on any atom is 0.472 e. The molecule has 9 nitrogen and oxygen atoms in total. The van der Waals surface area contributed by atoms with Gasteiger partial charge in [-0.2, -0.15) is 0 Å². The third-order valence-electron chi connectivity index (χ3n) is 6.61. The normalized spacial score (nSPS) is 15.2. The van der Waals surface area contributed by atoms with Crippen molar-refractivity contribution in [2.75, 3.05) is 54.1 Å². The first-order valence-electron chi connectivity index (χ1n) is 15.3. The summed E-state index contributed by atoms with van der Waals surface area (Å²) in [7, 11) is 1.70. The number of nitrogens with zero attached hydrogens (tertiary/aromatic N) is 1. The fourth-order valence-corrected chi connectivity index (χ4v) is 4.79. The quantitative estimate of drug-likeness (QED) is 0.0553. The van der Waals surface area contributed by atoms with Crippen LogP contribution in [-0.2, 0) is 27.9 Å². The van der Waals surface area contributed by atoms with Gasteiger partial charge in [-0.05, 0) is 26.2 Å². The number of aliphatic carboxylic acids is 1. The summed E-state index contributed by atoms with van der Waals surface area (Å²) in [5.74, 6) is -0.836. The van der Waals surface area contributed by atoms with Gasteiger partial charge in [-0.3, -0.25) is 13.8 Å². The lowest BCUT2D eigenvalue weighted by molar-refractivity contribution is -0.870. The van der Waals surface area contributed by atoms with Crippen molar-refractivity contribution in [2.45, 2.75) is 129 Å². The van der Waals surface area contributed by atoms with E-state index in [9.17, 15) is 14.3 Å². The number of likely N-dealkylation sites (N-methyl/N-ethyl adjacent to an activating group) is 1. The predicted molar refractivity (Wildman–Crippen MR) is 157 cm³/mol. The molecule has 0 fully saturated rings. The van der Waals surface area contributed by atoms with Crippen LogP contribution in [0.25, 0.3) is 0 Å². The highest BCUT2D eigenvalue weighted by Crippen LogP contribution is 2.43. The number of carboxylic acid groups (broad SMARTS) is 1. The summed E-state index contributed by atoms with van der Waals surface area (Å²) < 4.78 is 35.0. The lowest BCUT2D eigenvalue weighted by atomic mass is 10.0. The maximum atomic E-state index is 12.3. The smallest absolute Gasteiger partial charge is 0.472 e. The van der Waals surface area contributed by atoms with Crippen LogP contribution >= 0.6 is 7.82 Å². The van der Waals surface area contributed by atoms with Crippen LogP contribution in [-0.4, -0.2) is 86.8 Å². The molecule has 0 aromatic rings. The zero-order chi connectivity index (χ0) is 29.4. The van der Waals surface area contributed by atoms with Gasteiger partial charge < -0.3 is 24.0 Å². The van der Waals surface area contributed by atoms with E-state index in [1.807, 2.05) is 28.1 Å². The van der Waals surface area contributed by atoms with Gasteiger partial charge in [0.2, 0.25) is 0 Å². The van der Waals surface area contributed by atoms with E-state index in [0.29, 0.717) is 30.5 Å². The highest BCUT2D eigenvalue weighted by molar-refractivity contribution is 7.47. The van der Waals surface area contributed by atoms with Crippen molar-refractivity contribution >= 4 is 13.8 Å². The fourth-order valence-electron chi connectivity index (χ4n) is 4.04. The van der Waals surface area contributed by atoms with Crippen LogP contribution in [0.15, 0.2) is 0 Å². The first kappa shape index (κ1) is 38.5. The zero-order valence-electron chi connectivity index (χ0n) is 25.7. The lowest BCUT2D eigenvalue weighted by Crippen LogP contribution is -2.37. The minimum Gasteiger partial charge on any atom is -0.481 e. The van der Waals surface area contributed by atoms with Crippen molar-refractivity contribution in [3.8, 4) is 0 Å². The third-order valence-corrected chi connectivity index (χ3v) is 7.59. The monoisotopic (exact) mass is 582 g/mol. The Morgan fingerprint density at radius 1 is 0.769 bits per heavy atom. The number of rotatable bonds is 29. The molecule has 0 saturated heterocycles. The van der Waals surface area contributed by atoms with E-state index in [0.717, 1.165) is 12.8 Å². The van der Waals surface area contributed by atoms with E-state index < -0.39 is 19.9 Å². The number of carbonyl (C=O) groups is 1. The summed E-state index contributed by atoms with van der Waals surface area (Å²) in [6.07, 6.45) is 17.4. The van der Waals surface area contributed by atoms with E-state index in [1.54, 1.807) is 0 Å². The van der Waals surface area contributed by atoms with Crippen LogP contribution in [0, 0.1) is 0 Å². The van der Waals surface area contributed by atoms with E-state index >= 15 is 0 Å². The second-order valence-corrected chi connectivity index (χ2v) is 13.2. The standard InChI is InChI=1S/C29H60NO8P/c1-6-7-8-9-10-11-12-13-14-15-16-17-20-27(2)36-25-28(35-23-19-18-21-29(31)32)26-38-39(33,34)37-24-22-30(3,4)5/h27-28H,6-26H2,1-5H3,(H-,31,32,33,34)/p+1/t27?,28-/m1/s1. The van der Waals surface area contributed by atoms with Crippen LogP contribution in [0.1, 0.15) is 117 Å². The zero-order valence-corrected chi connectivity index (χ0v) is 26.6. The second-order valence-electron chi connectivity index (χ2n) is 11.8.